The third-order valence-corrected chi connectivity index (χ3v) is 3.87. The zero-order valence-corrected chi connectivity index (χ0v) is 12.1. The fraction of sp³-hybridized carbons (Fsp3) is 0.250. The molecule has 2 rings (SSSR count). The molecule has 0 aliphatic carbocycles. The topological polar surface area (TPSA) is 0 Å². The van der Waals surface area contributed by atoms with E-state index < -0.39 is 0 Å². The predicted octanol–water partition coefficient (Wildman–Crippen LogP) is 5.48. The maximum Gasteiger partial charge on any atom is 0.0640 e. The highest BCUT2D eigenvalue weighted by Gasteiger charge is 2.13. The third-order valence-electron chi connectivity index (χ3n) is 3.15. The molecule has 1 atom stereocenters. The quantitative estimate of drug-likeness (QED) is 0.653. The van der Waals surface area contributed by atoms with Gasteiger partial charge in [-0.25, -0.2) is 0 Å². The lowest BCUT2D eigenvalue weighted by molar-refractivity contribution is 0.910. The zero-order chi connectivity index (χ0) is 13.1. The van der Waals surface area contributed by atoms with Gasteiger partial charge >= 0.3 is 0 Å². The van der Waals surface area contributed by atoms with Crippen LogP contribution in [0.2, 0.25) is 5.02 Å². The van der Waals surface area contributed by atoms with E-state index >= 15 is 0 Å². The SMILES string of the molecule is Cc1ccc(C(Cl)Cc2ccccc2C)c(Cl)c1. The molecule has 0 nitrogen and oxygen atoms in total. The van der Waals surface area contributed by atoms with Crippen LogP contribution >= 0.6 is 23.2 Å². The summed E-state index contributed by atoms with van der Waals surface area (Å²) < 4.78 is 0. The van der Waals surface area contributed by atoms with E-state index in [1.54, 1.807) is 0 Å². The van der Waals surface area contributed by atoms with E-state index in [0.29, 0.717) is 0 Å². The lowest BCUT2D eigenvalue weighted by Gasteiger charge is -2.14. The highest BCUT2D eigenvalue weighted by Crippen LogP contribution is 2.31. The molecule has 0 N–H and O–H groups in total. The lowest BCUT2D eigenvalue weighted by Crippen LogP contribution is -1.99. The first-order valence-corrected chi connectivity index (χ1v) is 6.84. The van der Waals surface area contributed by atoms with Gasteiger partial charge in [-0.1, -0.05) is 48.0 Å². The average molecular weight is 279 g/mol. The number of rotatable bonds is 3. The van der Waals surface area contributed by atoms with Gasteiger partial charge in [-0.2, -0.15) is 0 Å². The third kappa shape index (κ3) is 3.07. The van der Waals surface area contributed by atoms with Crippen LogP contribution in [0.1, 0.15) is 27.6 Å². The van der Waals surface area contributed by atoms with Crippen LogP contribution in [0.4, 0.5) is 0 Å². The summed E-state index contributed by atoms with van der Waals surface area (Å²) in [5.41, 5.74) is 4.70. The molecule has 18 heavy (non-hydrogen) atoms. The second kappa shape index (κ2) is 5.77. The smallest absolute Gasteiger partial charge is 0.0640 e. The van der Waals surface area contributed by atoms with E-state index in [2.05, 4.69) is 25.1 Å². The summed E-state index contributed by atoms with van der Waals surface area (Å²) in [6.45, 7) is 4.13. The Morgan fingerprint density at radius 2 is 1.78 bits per heavy atom. The van der Waals surface area contributed by atoms with Crippen molar-refractivity contribution in [1.82, 2.24) is 0 Å². The molecule has 0 spiro atoms. The van der Waals surface area contributed by atoms with Gasteiger partial charge in [-0.15, -0.1) is 11.6 Å². The number of halogens is 2. The molecule has 0 bridgehead atoms. The molecule has 0 saturated carbocycles. The van der Waals surface area contributed by atoms with Gasteiger partial charge in [0, 0.05) is 5.02 Å². The van der Waals surface area contributed by atoms with Crippen molar-refractivity contribution in [1.29, 1.82) is 0 Å². The van der Waals surface area contributed by atoms with Gasteiger partial charge in [0.1, 0.15) is 0 Å². The van der Waals surface area contributed by atoms with Crippen molar-refractivity contribution in [2.24, 2.45) is 0 Å². The van der Waals surface area contributed by atoms with E-state index in [1.165, 1.54) is 11.1 Å². The normalized spacial score (nSPS) is 12.4. The van der Waals surface area contributed by atoms with Crippen molar-refractivity contribution in [2.45, 2.75) is 25.6 Å². The molecule has 0 fully saturated rings. The highest BCUT2D eigenvalue weighted by molar-refractivity contribution is 6.32. The number of benzene rings is 2. The molecule has 0 radical (unpaired) electrons. The maximum absolute atomic E-state index is 6.49. The summed E-state index contributed by atoms with van der Waals surface area (Å²) in [7, 11) is 0. The van der Waals surface area contributed by atoms with Crippen LogP contribution in [0.5, 0.6) is 0 Å². The Morgan fingerprint density at radius 1 is 1.06 bits per heavy atom. The maximum atomic E-state index is 6.49. The van der Waals surface area contributed by atoms with Crippen LogP contribution in [-0.4, -0.2) is 0 Å². The van der Waals surface area contributed by atoms with Crippen molar-refractivity contribution in [3.63, 3.8) is 0 Å². The summed E-state index contributed by atoms with van der Waals surface area (Å²) in [5, 5.41) is 0.669. The number of hydrogen-bond acceptors (Lipinski definition) is 0. The first kappa shape index (κ1) is 13.5. The minimum Gasteiger partial charge on any atom is -0.117 e. The molecule has 0 aliphatic rings. The minimum atomic E-state index is -0.0841. The summed E-state index contributed by atoms with van der Waals surface area (Å²) in [6, 6.07) is 14.3. The fourth-order valence-corrected chi connectivity index (χ4v) is 2.81. The van der Waals surface area contributed by atoms with Crippen LogP contribution in [-0.2, 0) is 6.42 Å². The second-order valence-corrected chi connectivity index (χ2v) is 5.56. The molecular weight excluding hydrogens is 263 g/mol. The molecule has 1 unspecified atom stereocenters. The molecule has 0 aliphatic heterocycles. The zero-order valence-electron chi connectivity index (χ0n) is 10.6. The van der Waals surface area contributed by atoms with Crippen LogP contribution in [0.3, 0.4) is 0 Å². The standard InChI is InChI=1S/C16H16Cl2/c1-11-7-8-14(15(17)9-11)16(18)10-13-6-4-3-5-12(13)2/h3-9,16H,10H2,1-2H3. The molecule has 2 heteroatoms. The Labute approximate surface area is 119 Å². The van der Waals surface area contributed by atoms with E-state index in [0.717, 1.165) is 22.6 Å². The van der Waals surface area contributed by atoms with E-state index in [-0.39, 0.29) is 5.38 Å². The number of aryl methyl sites for hydroxylation is 2. The van der Waals surface area contributed by atoms with Gasteiger partial charge in [0.25, 0.3) is 0 Å². The summed E-state index contributed by atoms with van der Waals surface area (Å²) in [6.07, 6.45) is 0.803. The molecule has 0 heterocycles. The van der Waals surface area contributed by atoms with Crippen LogP contribution in [0.25, 0.3) is 0 Å². The Kier molecular flexibility index (Phi) is 4.31. The second-order valence-electron chi connectivity index (χ2n) is 4.62. The van der Waals surface area contributed by atoms with Crippen LogP contribution in [0.15, 0.2) is 42.5 Å². The minimum absolute atomic E-state index is 0.0841. The van der Waals surface area contributed by atoms with E-state index in [4.69, 9.17) is 23.2 Å². The molecule has 94 valence electrons. The van der Waals surface area contributed by atoms with Gasteiger partial charge in [0.15, 0.2) is 0 Å². The van der Waals surface area contributed by atoms with Crippen molar-refractivity contribution in [3.8, 4) is 0 Å². The van der Waals surface area contributed by atoms with Gasteiger partial charge in [0.05, 0.1) is 5.38 Å². The molecule has 0 amide bonds. The van der Waals surface area contributed by atoms with Gasteiger partial charge in [-0.3, -0.25) is 0 Å². The van der Waals surface area contributed by atoms with E-state index in [1.807, 2.05) is 31.2 Å². The van der Waals surface area contributed by atoms with Crippen LogP contribution < -0.4 is 0 Å². The Morgan fingerprint density at radius 3 is 2.44 bits per heavy atom. The monoisotopic (exact) mass is 278 g/mol. The van der Waals surface area contributed by atoms with E-state index in [9.17, 15) is 0 Å². The Balaban J connectivity index is 2.22. The number of hydrogen-bond donors (Lipinski definition) is 0. The Hall–Kier alpha value is -0.980. The summed E-state index contributed by atoms with van der Waals surface area (Å²) >= 11 is 12.7. The molecular formula is C16H16Cl2. The van der Waals surface area contributed by atoms with Gasteiger partial charge in [0.2, 0.25) is 0 Å². The van der Waals surface area contributed by atoms with Crippen LogP contribution in [0, 0.1) is 13.8 Å². The van der Waals surface area contributed by atoms with Crippen molar-refractivity contribution >= 4 is 23.2 Å². The average Bonchev–Trinajstić information content (AvgIpc) is 2.32. The van der Waals surface area contributed by atoms with Gasteiger partial charge in [-0.05, 0) is 48.6 Å². The first-order valence-electron chi connectivity index (χ1n) is 6.02. The first-order chi connectivity index (χ1) is 8.58. The molecule has 2 aromatic carbocycles. The number of alkyl halides is 1. The molecule has 0 aromatic heterocycles. The van der Waals surface area contributed by atoms with Gasteiger partial charge < -0.3 is 0 Å². The molecule has 2 aromatic rings. The van der Waals surface area contributed by atoms with Crippen molar-refractivity contribution in [2.75, 3.05) is 0 Å². The molecule has 0 saturated heterocycles. The largest absolute Gasteiger partial charge is 0.117 e. The lowest BCUT2D eigenvalue weighted by atomic mass is 9.99. The summed E-state index contributed by atoms with van der Waals surface area (Å²) in [4.78, 5) is 0. The predicted molar refractivity (Wildman–Crippen MR) is 79.7 cm³/mol. The highest BCUT2D eigenvalue weighted by atomic mass is 35.5. The summed E-state index contributed by atoms with van der Waals surface area (Å²) in [5.74, 6) is 0. The van der Waals surface area contributed by atoms with Crippen molar-refractivity contribution < 1.29 is 0 Å². The Bertz CT molecular complexity index is 547. The fourth-order valence-electron chi connectivity index (χ4n) is 2.03. The van der Waals surface area contributed by atoms with Crippen molar-refractivity contribution in [3.05, 3.63) is 69.7 Å².